The Balaban J connectivity index is 2.25. The number of benzene rings is 1. The highest BCUT2D eigenvalue weighted by Crippen LogP contribution is 2.04. The van der Waals surface area contributed by atoms with Crippen LogP contribution < -0.4 is 5.46 Å². The number of hydrogen-bond acceptors (Lipinski definition) is 4. The van der Waals surface area contributed by atoms with Gasteiger partial charge in [0, 0.05) is 5.46 Å². The first-order valence-electron chi connectivity index (χ1n) is 3.84. The molecule has 0 radical (unpaired) electrons. The topological polar surface area (TPSA) is 52.6 Å². The third-order valence-corrected chi connectivity index (χ3v) is 1.72. The summed E-state index contributed by atoms with van der Waals surface area (Å²) >= 11 is 0. The Morgan fingerprint density at radius 3 is 2.36 bits per heavy atom. The molecule has 1 aliphatic heterocycles. The number of carbonyl (C=O) groups excluding carboxylic acids is 2. The number of carbonyl (C=O) groups is 2. The molecule has 1 heterocycles. The Hall–Kier alpha value is -1.85. The molecule has 1 saturated heterocycles. The van der Waals surface area contributed by atoms with E-state index >= 15 is 0 Å². The van der Waals surface area contributed by atoms with Gasteiger partial charge in [0.1, 0.15) is 5.82 Å². The van der Waals surface area contributed by atoms with Crippen molar-refractivity contribution in [1.82, 2.24) is 0 Å². The zero-order chi connectivity index (χ0) is 10.1. The van der Waals surface area contributed by atoms with Gasteiger partial charge in [-0.2, -0.15) is 0 Å². The maximum atomic E-state index is 12.7. The van der Waals surface area contributed by atoms with E-state index < -0.39 is 24.9 Å². The van der Waals surface area contributed by atoms with Gasteiger partial charge in [0.2, 0.25) is 0 Å². The van der Waals surface area contributed by atoms with E-state index in [4.69, 9.17) is 0 Å². The van der Waals surface area contributed by atoms with Gasteiger partial charge in [-0.15, -0.1) is 0 Å². The van der Waals surface area contributed by atoms with E-state index in [-0.39, 0.29) is 0 Å². The molecule has 0 bridgehead atoms. The molecule has 1 aromatic rings. The monoisotopic (exact) mass is 194 g/mol. The predicted octanol–water partition coefficient (Wildman–Crippen LogP) is -0.379. The van der Waals surface area contributed by atoms with Gasteiger partial charge in [0.05, 0.1) is 0 Å². The number of halogens is 1. The molecule has 1 aromatic carbocycles. The van der Waals surface area contributed by atoms with Crippen LogP contribution in [0.3, 0.4) is 0 Å². The first kappa shape index (κ1) is 8.74. The molecule has 4 nitrogen and oxygen atoms in total. The fraction of sp³-hybridized carbons (Fsp3) is 0. The second-order valence-corrected chi connectivity index (χ2v) is 2.70. The molecule has 0 aromatic heterocycles. The smallest absolute Gasteiger partial charge is 0.487 e. The van der Waals surface area contributed by atoms with Gasteiger partial charge >= 0.3 is 19.1 Å². The van der Waals surface area contributed by atoms with E-state index in [1.54, 1.807) is 0 Å². The van der Waals surface area contributed by atoms with Gasteiger partial charge in [-0.05, 0) is 12.1 Å². The Morgan fingerprint density at radius 1 is 1.14 bits per heavy atom. The van der Waals surface area contributed by atoms with Crippen LogP contribution in [0.1, 0.15) is 0 Å². The molecule has 0 spiro atoms. The highest BCUT2D eigenvalue weighted by atomic mass is 19.1. The minimum atomic E-state index is -1.12. The normalized spacial score (nSPS) is 15.4. The predicted molar refractivity (Wildman–Crippen MR) is 44.0 cm³/mol. The van der Waals surface area contributed by atoms with Gasteiger partial charge in [0.15, 0.2) is 0 Å². The zero-order valence-corrected chi connectivity index (χ0v) is 6.90. The maximum absolute atomic E-state index is 12.7. The van der Waals surface area contributed by atoms with Crippen LogP contribution in [-0.4, -0.2) is 19.1 Å². The van der Waals surface area contributed by atoms with Crippen molar-refractivity contribution in [1.29, 1.82) is 0 Å². The zero-order valence-electron chi connectivity index (χ0n) is 6.90. The summed E-state index contributed by atoms with van der Waals surface area (Å²) in [7, 11) is -1.12. The van der Waals surface area contributed by atoms with Crippen molar-refractivity contribution in [2.24, 2.45) is 0 Å². The van der Waals surface area contributed by atoms with E-state index in [0.29, 0.717) is 5.46 Å². The fourth-order valence-electron chi connectivity index (χ4n) is 1.10. The summed E-state index contributed by atoms with van der Waals surface area (Å²) in [6, 6.07) is 5.31. The average molecular weight is 194 g/mol. The lowest BCUT2D eigenvalue weighted by Gasteiger charge is -2.01. The minimum Gasteiger partial charge on any atom is -0.487 e. The third-order valence-electron chi connectivity index (χ3n) is 1.72. The van der Waals surface area contributed by atoms with Crippen molar-refractivity contribution < 1.29 is 23.3 Å². The average Bonchev–Trinajstić information content (AvgIpc) is 2.47. The van der Waals surface area contributed by atoms with Crippen molar-refractivity contribution in [3.05, 3.63) is 30.1 Å². The lowest BCUT2D eigenvalue weighted by atomic mass is 9.79. The minimum absolute atomic E-state index is 0.296. The van der Waals surface area contributed by atoms with Crippen LogP contribution >= 0.6 is 0 Å². The SMILES string of the molecule is O=C1OB(c2cccc(F)c2)OC1=O. The summed E-state index contributed by atoms with van der Waals surface area (Å²) in [5.74, 6) is -2.60. The van der Waals surface area contributed by atoms with Crippen molar-refractivity contribution in [3.63, 3.8) is 0 Å². The van der Waals surface area contributed by atoms with Gasteiger partial charge in [-0.1, -0.05) is 12.1 Å². The summed E-state index contributed by atoms with van der Waals surface area (Å²) in [6.07, 6.45) is 0. The molecule has 70 valence electrons. The molecule has 0 atom stereocenters. The van der Waals surface area contributed by atoms with E-state index in [9.17, 15) is 14.0 Å². The largest absolute Gasteiger partial charge is 0.637 e. The van der Waals surface area contributed by atoms with Gasteiger partial charge in [-0.3, -0.25) is 0 Å². The lowest BCUT2D eigenvalue weighted by Crippen LogP contribution is -2.32. The number of hydrogen-bond donors (Lipinski definition) is 0. The van der Waals surface area contributed by atoms with Crippen molar-refractivity contribution >= 4 is 24.5 Å². The molecule has 6 heteroatoms. The quantitative estimate of drug-likeness (QED) is 0.451. The molecule has 0 N–H and O–H groups in total. The first-order valence-corrected chi connectivity index (χ1v) is 3.84. The Kier molecular flexibility index (Phi) is 1.96. The number of rotatable bonds is 1. The van der Waals surface area contributed by atoms with Gasteiger partial charge in [0.25, 0.3) is 0 Å². The summed E-state index contributed by atoms with van der Waals surface area (Å²) < 4.78 is 21.8. The standard InChI is InChI=1S/C8H4BFO4/c10-6-3-1-2-5(4-6)9-13-7(11)8(12)14-9/h1-4H. The van der Waals surface area contributed by atoms with Crippen LogP contribution in [0.5, 0.6) is 0 Å². The second-order valence-electron chi connectivity index (χ2n) is 2.70. The molecular formula is C8H4BFO4. The molecule has 2 rings (SSSR count). The summed E-state index contributed by atoms with van der Waals surface area (Å²) in [6.45, 7) is 0. The third kappa shape index (κ3) is 1.46. The van der Waals surface area contributed by atoms with Crippen molar-refractivity contribution in [2.45, 2.75) is 0 Å². The van der Waals surface area contributed by atoms with Gasteiger partial charge < -0.3 is 9.31 Å². The molecule has 0 amide bonds. The van der Waals surface area contributed by atoms with E-state index in [1.807, 2.05) is 0 Å². The van der Waals surface area contributed by atoms with E-state index in [1.165, 1.54) is 18.2 Å². The van der Waals surface area contributed by atoms with E-state index in [2.05, 4.69) is 9.31 Å². The lowest BCUT2D eigenvalue weighted by molar-refractivity contribution is -0.150. The van der Waals surface area contributed by atoms with Crippen LogP contribution in [0.4, 0.5) is 4.39 Å². The van der Waals surface area contributed by atoms with Crippen LogP contribution in [0.2, 0.25) is 0 Å². The van der Waals surface area contributed by atoms with E-state index in [0.717, 1.165) is 6.07 Å². The Bertz CT molecular complexity index is 390. The second kappa shape index (κ2) is 3.14. The molecule has 0 saturated carbocycles. The maximum Gasteiger partial charge on any atom is 0.637 e. The molecule has 0 aliphatic carbocycles. The van der Waals surface area contributed by atoms with Gasteiger partial charge in [-0.25, -0.2) is 14.0 Å². The summed E-state index contributed by atoms with van der Waals surface area (Å²) in [4.78, 5) is 21.3. The van der Waals surface area contributed by atoms with Crippen molar-refractivity contribution in [2.75, 3.05) is 0 Å². The van der Waals surface area contributed by atoms with Crippen LogP contribution in [-0.2, 0) is 18.9 Å². The highest BCUT2D eigenvalue weighted by Gasteiger charge is 2.41. The Labute approximate surface area is 78.8 Å². The van der Waals surface area contributed by atoms with Crippen LogP contribution in [0, 0.1) is 5.82 Å². The molecule has 14 heavy (non-hydrogen) atoms. The summed E-state index contributed by atoms with van der Waals surface area (Å²) in [5.41, 5.74) is 0.296. The first-order chi connectivity index (χ1) is 6.66. The van der Waals surface area contributed by atoms with Crippen LogP contribution in [0.25, 0.3) is 0 Å². The summed E-state index contributed by atoms with van der Waals surface area (Å²) in [5, 5.41) is 0. The highest BCUT2D eigenvalue weighted by molar-refractivity contribution is 6.70. The molecule has 1 aliphatic rings. The Morgan fingerprint density at radius 2 is 1.79 bits per heavy atom. The fourth-order valence-corrected chi connectivity index (χ4v) is 1.10. The van der Waals surface area contributed by atoms with Crippen LogP contribution in [0.15, 0.2) is 24.3 Å². The van der Waals surface area contributed by atoms with Crippen molar-refractivity contribution in [3.8, 4) is 0 Å². The molecular weight excluding hydrogens is 190 g/mol. The molecule has 1 fully saturated rings. The molecule has 0 unspecified atom stereocenters.